The number of aldehydes is 1. The average Bonchev–Trinajstić information content (AvgIpc) is 3.04. The smallest absolute Gasteiger partial charge is 0.308 e. The van der Waals surface area contributed by atoms with Crippen molar-refractivity contribution in [2.45, 2.75) is 152 Å². The fourth-order valence-electron chi connectivity index (χ4n) is 7.23. The van der Waals surface area contributed by atoms with Gasteiger partial charge in [-0.05, 0) is 60.0 Å². The number of likely N-dealkylation sites (N-methyl/N-ethyl adjacent to an activating group) is 1. The van der Waals surface area contributed by atoms with Crippen LogP contribution < -0.4 is 0 Å². The SMILES string of the molecule is COC1[C@H](O)CC(=O)O[C@H](C)C/C=C/C=C/[C@H](O)[C@H](C)C[C@H](CC=O)[C@@H]1O[C@@H]1O[C@H](C)[C@@H](O[C@H]2C[C@@](C)(OC)[C@@H](O)[C@H](C)O2)[C@H](N(C)C)[C@H]1O. The first-order valence-electron chi connectivity index (χ1n) is 17.6. The second-order valence-corrected chi connectivity index (χ2v) is 14.5. The van der Waals surface area contributed by atoms with Crippen LogP contribution in [0.5, 0.6) is 0 Å². The van der Waals surface area contributed by atoms with Crippen molar-refractivity contribution in [3.63, 3.8) is 0 Å². The second kappa shape index (κ2) is 19.3. The van der Waals surface area contributed by atoms with Crippen LogP contribution in [0.15, 0.2) is 24.3 Å². The Hall–Kier alpha value is -1.82. The third-order valence-electron chi connectivity index (χ3n) is 10.3. The molecule has 14 nitrogen and oxygen atoms in total. The number of ether oxygens (including phenoxy) is 7. The van der Waals surface area contributed by atoms with E-state index in [4.69, 9.17) is 33.2 Å². The Morgan fingerprint density at radius 2 is 1.68 bits per heavy atom. The van der Waals surface area contributed by atoms with E-state index < -0.39 is 104 Å². The maximum atomic E-state index is 12.8. The van der Waals surface area contributed by atoms with Crippen LogP contribution in [0.4, 0.5) is 0 Å². The van der Waals surface area contributed by atoms with E-state index in [2.05, 4.69) is 0 Å². The van der Waals surface area contributed by atoms with Crippen LogP contribution in [-0.4, -0.2) is 151 Å². The van der Waals surface area contributed by atoms with Gasteiger partial charge in [0.25, 0.3) is 0 Å². The number of esters is 1. The third-order valence-corrected chi connectivity index (χ3v) is 10.3. The summed E-state index contributed by atoms with van der Waals surface area (Å²) in [5.41, 5.74) is -0.922. The van der Waals surface area contributed by atoms with Crippen LogP contribution in [-0.2, 0) is 42.7 Å². The number of hydrogen-bond acceptors (Lipinski definition) is 14. The van der Waals surface area contributed by atoms with E-state index in [-0.39, 0.29) is 25.2 Å². The molecule has 0 aromatic rings. The number of nitrogens with zero attached hydrogens (tertiary/aromatic N) is 1. The van der Waals surface area contributed by atoms with Crippen LogP contribution in [0, 0.1) is 11.8 Å². The maximum absolute atomic E-state index is 12.8. The van der Waals surface area contributed by atoms with E-state index in [0.29, 0.717) is 6.42 Å². The fraction of sp³-hybridized carbons (Fsp3) is 0.833. The van der Waals surface area contributed by atoms with Crippen molar-refractivity contribution >= 4 is 12.3 Å². The molecule has 0 aromatic carbocycles. The molecule has 2 fully saturated rings. The molecular weight excluding hydrogens is 654 g/mol. The van der Waals surface area contributed by atoms with Gasteiger partial charge in [-0.15, -0.1) is 0 Å². The van der Waals surface area contributed by atoms with Crippen molar-refractivity contribution in [1.82, 2.24) is 4.90 Å². The van der Waals surface area contributed by atoms with E-state index in [1.165, 1.54) is 14.2 Å². The lowest BCUT2D eigenvalue weighted by atomic mass is 9.82. The average molecular weight is 716 g/mol. The van der Waals surface area contributed by atoms with Crippen molar-refractivity contribution in [2.75, 3.05) is 28.3 Å². The topological polar surface area (TPSA) is 183 Å². The summed E-state index contributed by atoms with van der Waals surface area (Å²) in [5.74, 6) is -1.61. The standard InChI is InChI=1S/C36H61NO13/c1-20-17-24(15-16-38)32(33(44-8)26(40)18-27(41)46-21(2)13-11-10-12-14-25(20)39)50-35-30(42)29(37(6)7)31(22(3)48-35)49-28-19-36(5,45-9)34(43)23(4)47-28/h10-12,14,16,20-26,28-35,39-40,42-43H,13,15,17-19H2,1-9H3/b11-10+,14-12+/t20-,21-,22-,23+,24+,25+,26-,28+,29-,30-,31-,32+,33?,34+,35+,36-/m1/s1. The first kappa shape index (κ1) is 42.6. The zero-order valence-electron chi connectivity index (χ0n) is 31.0. The van der Waals surface area contributed by atoms with E-state index in [9.17, 15) is 30.0 Å². The molecule has 288 valence electrons. The van der Waals surface area contributed by atoms with Gasteiger partial charge in [0.2, 0.25) is 0 Å². The zero-order chi connectivity index (χ0) is 37.3. The monoisotopic (exact) mass is 715 g/mol. The molecule has 2 saturated heterocycles. The Labute approximate surface area is 296 Å². The number of aliphatic hydroxyl groups excluding tert-OH is 4. The Balaban J connectivity index is 1.95. The summed E-state index contributed by atoms with van der Waals surface area (Å²) < 4.78 is 42.2. The highest BCUT2D eigenvalue weighted by molar-refractivity contribution is 5.70. The molecule has 3 aliphatic rings. The molecule has 0 saturated carbocycles. The van der Waals surface area contributed by atoms with Crippen molar-refractivity contribution in [3.8, 4) is 0 Å². The minimum absolute atomic E-state index is 0.0259. The second-order valence-electron chi connectivity index (χ2n) is 14.5. The quantitative estimate of drug-likeness (QED) is 0.199. The molecule has 3 rings (SSSR count). The number of carbonyl (C=O) groups is 2. The minimum Gasteiger partial charge on any atom is -0.462 e. The third kappa shape index (κ3) is 10.9. The lowest BCUT2D eigenvalue weighted by Gasteiger charge is -2.50. The summed E-state index contributed by atoms with van der Waals surface area (Å²) in [7, 11) is 6.46. The summed E-state index contributed by atoms with van der Waals surface area (Å²) in [5, 5.41) is 44.9. The van der Waals surface area contributed by atoms with Gasteiger partial charge in [-0.25, -0.2) is 0 Å². The molecule has 0 radical (unpaired) electrons. The maximum Gasteiger partial charge on any atom is 0.308 e. The predicted molar refractivity (Wildman–Crippen MR) is 182 cm³/mol. The van der Waals surface area contributed by atoms with Crippen LogP contribution in [0.25, 0.3) is 0 Å². The molecule has 0 spiro atoms. The first-order valence-corrected chi connectivity index (χ1v) is 17.6. The summed E-state index contributed by atoms with van der Waals surface area (Å²) in [6, 6.07) is -0.680. The van der Waals surface area contributed by atoms with E-state index in [0.717, 1.165) is 6.29 Å². The van der Waals surface area contributed by atoms with Gasteiger partial charge < -0.3 is 63.3 Å². The number of methoxy groups -OCH3 is 2. The molecule has 50 heavy (non-hydrogen) atoms. The van der Waals surface area contributed by atoms with Gasteiger partial charge in [0.15, 0.2) is 12.6 Å². The molecule has 0 amide bonds. The molecule has 0 aromatic heterocycles. The van der Waals surface area contributed by atoms with Crippen LogP contribution in [0.1, 0.15) is 66.7 Å². The van der Waals surface area contributed by atoms with Crippen LogP contribution in [0.3, 0.4) is 0 Å². The number of aliphatic hydroxyl groups is 4. The van der Waals surface area contributed by atoms with Crippen molar-refractivity contribution < 1.29 is 63.2 Å². The Morgan fingerprint density at radius 1 is 0.980 bits per heavy atom. The zero-order valence-corrected chi connectivity index (χ0v) is 31.0. The molecule has 0 bridgehead atoms. The number of hydrogen-bond donors (Lipinski definition) is 4. The van der Waals surface area contributed by atoms with Gasteiger partial charge in [-0.3, -0.25) is 4.79 Å². The number of allylic oxidation sites excluding steroid dienone is 2. The van der Waals surface area contributed by atoms with Crippen molar-refractivity contribution in [1.29, 1.82) is 0 Å². The number of rotatable bonds is 9. The summed E-state index contributed by atoms with van der Waals surface area (Å²) in [4.78, 5) is 26.7. The highest BCUT2D eigenvalue weighted by atomic mass is 16.7. The van der Waals surface area contributed by atoms with Gasteiger partial charge in [-0.2, -0.15) is 0 Å². The molecule has 0 aliphatic carbocycles. The normalized spacial score (nSPS) is 45.5. The van der Waals surface area contributed by atoms with Gasteiger partial charge in [0.05, 0.1) is 48.6 Å². The predicted octanol–water partition coefficient (Wildman–Crippen LogP) is 1.50. The Morgan fingerprint density at radius 3 is 2.30 bits per heavy atom. The molecular formula is C36H61NO13. The van der Waals surface area contributed by atoms with Gasteiger partial charge in [0.1, 0.15) is 36.8 Å². The van der Waals surface area contributed by atoms with Gasteiger partial charge >= 0.3 is 5.97 Å². The first-order chi connectivity index (χ1) is 23.6. The van der Waals surface area contributed by atoms with E-state index >= 15 is 0 Å². The van der Waals surface area contributed by atoms with Crippen molar-refractivity contribution in [3.05, 3.63) is 24.3 Å². The van der Waals surface area contributed by atoms with E-state index in [1.54, 1.807) is 64.9 Å². The van der Waals surface area contributed by atoms with Crippen molar-refractivity contribution in [2.24, 2.45) is 11.8 Å². The Kier molecular flexibility index (Phi) is 16.5. The van der Waals surface area contributed by atoms with E-state index in [1.807, 2.05) is 13.0 Å². The number of carbonyl (C=O) groups excluding carboxylic acids is 2. The van der Waals surface area contributed by atoms with Gasteiger partial charge in [-0.1, -0.05) is 31.2 Å². The minimum atomic E-state index is -1.41. The molecule has 1 unspecified atom stereocenters. The summed E-state index contributed by atoms with van der Waals surface area (Å²) in [6.07, 6.45) is -2.96. The molecule has 4 N–H and O–H groups in total. The largest absolute Gasteiger partial charge is 0.462 e. The highest BCUT2D eigenvalue weighted by Gasteiger charge is 2.52. The lowest BCUT2D eigenvalue weighted by molar-refractivity contribution is -0.345. The molecule has 14 heteroatoms. The van der Waals surface area contributed by atoms with Crippen LogP contribution >= 0.6 is 0 Å². The molecule has 16 atom stereocenters. The summed E-state index contributed by atoms with van der Waals surface area (Å²) in [6.45, 7) is 8.88. The summed E-state index contributed by atoms with van der Waals surface area (Å²) >= 11 is 0. The molecule has 3 heterocycles. The Bertz CT molecular complexity index is 1120. The van der Waals surface area contributed by atoms with Crippen LogP contribution in [0.2, 0.25) is 0 Å². The van der Waals surface area contributed by atoms with Gasteiger partial charge in [0, 0.05) is 33.5 Å². The highest BCUT2D eigenvalue weighted by Crippen LogP contribution is 2.37. The fourth-order valence-corrected chi connectivity index (χ4v) is 7.23. The lowest BCUT2D eigenvalue weighted by Crippen LogP contribution is -2.65. The number of cyclic esters (lactones) is 1. The molecule has 3 aliphatic heterocycles.